The summed E-state index contributed by atoms with van der Waals surface area (Å²) in [5.41, 5.74) is 0. The number of hydrogen-bond donors (Lipinski definition) is 1. The Bertz CT molecular complexity index is 250. The molecule has 11 heavy (non-hydrogen) atoms. The highest BCUT2D eigenvalue weighted by atomic mass is 19.3. The number of carbonyl (C=O) groups is 1. The molecule has 0 saturated carbocycles. The zero-order valence-electron chi connectivity index (χ0n) is 5.77. The molecule has 0 atom stereocenters. The lowest BCUT2D eigenvalue weighted by atomic mass is 10.2. The van der Waals surface area contributed by atoms with Crippen LogP contribution in [0.1, 0.15) is 17.5 Å². The Hall–Kier alpha value is -1.26. The van der Waals surface area contributed by atoms with Crippen LogP contribution in [0, 0.1) is 0 Å². The van der Waals surface area contributed by atoms with Crippen LogP contribution in [0.2, 0.25) is 0 Å². The van der Waals surface area contributed by atoms with E-state index in [1.165, 1.54) is 12.4 Å². The van der Waals surface area contributed by atoms with Crippen LogP contribution in [0.4, 0.5) is 8.78 Å². The maximum Gasteiger partial charge on any atom is 0.310 e. The number of Topliss-reactive ketones (excluding diaryl/α,β-unsaturated/α-hetero) is 1. The van der Waals surface area contributed by atoms with Gasteiger partial charge in [-0.2, -0.15) is 8.78 Å². The lowest BCUT2D eigenvalue weighted by Gasteiger charge is -2.04. The SMILES string of the molecule is CC(F)(F)C(=O)c1ncc[nH]1. The van der Waals surface area contributed by atoms with Gasteiger partial charge in [0.25, 0.3) is 5.78 Å². The molecule has 0 spiro atoms. The summed E-state index contributed by atoms with van der Waals surface area (Å²) >= 11 is 0. The molecular weight excluding hydrogens is 154 g/mol. The smallest absolute Gasteiger partial charge is 0.310 e. The zero-order valence-corrected chi connectivity index (χ0v) is 5.77. The van der Waals surface area contributed by atoms with Crippen LogP contribution in [0.25, 0.3) is 0 Å². The molecule has 0 unspecified atom stereocenters. The Balaban J connectivity index is 2.88. The van der Waals surface area contributed by atoms with Crippen LogP contribution in [0.15, 0.2) is 12.4 Å². The second-order valence-electron chi connectivity index (χ2n) is 2.16. The van der Waals surface area contributed by atoms with E-state index in [9.17, 15) is 13.6 Å². The Morgan fingerprint density at radius 3 is 2.73 bits per heavy atom. The molecule has 1 aromatic rings. The third-order valence-electron chi connectivity index (χ3n) is 1.11. The van der Waals surface area contributed by atoms with Crippen molar-refractivity contribution in [2.24, 2.45) is 0 Å². The summed E-state index contributed by atoms with van der Waals surface area (Å²) < 4.78 is 24.5. The third-order valence-corrected chi connectivity index (χ3v) is 1.11. The van der Waals surface area contributed by atoms with Gasteiger partial charge < -0.3 is 4.98 Å². The first-order valence-electron chi connectivity index (χ1n) is 2.94. The number of rotatable bonds is 2. The summed E-state index contributed by atoms with van der Waals surface area (Å²) in [6, 6.07) is 0. The molecule has 0 saturated heterocycles. The standard InChI is InChI=1S/C6H6F2N2O/c1-6(7,8)4(11)5-9-2-3-10-5/h2-3H,1H3,(H,9,10). The minimum Gasteiger partial charge on any atom is -0.342 e. The van der Waals surface area contributed by atoms with Crippen LogP contribution in [-0.2, 0) is 0 Å². The molecule has 0 fully saturated rings. The normalized spacial score (nSPS) is 11.5. The first kappa shape index (κ1) is 7.84. The van der Waals surface area contributed by atoms with Gasteiger partial charge in [0.15, 0.2) is 5.82 Å². The van der Waals surface area contributed by atoms with Crippen LogP contribution in [0.3, 0.4) is 0 Å². The average Bonchev–Trinajstić information content (AvgIpc) is 2.34. The molecule has 1 aromatic heterocycles. The molecular formula is C6H6F2N2O. The van der Waals surface area contributed by atoms with E-state index in [0.717, 1.165) is 0 Å². The van der Waals surface area contributed by atoms with Crippen molar-refractivity contribution in [1.29, 1.82) is 0 Å². The van der Waals surface area contributed by atoms with Gasteiger partial charge in [-0.15, -0.1) is 0 Å². The monoisotopic (exact) mass is 160 g/mol. The lowest BCUT2D eigenvalue weighted by molar-refractivity contribution is 0.0212. The second kappa shape index (κ2) is 2.41. The van der Waals surface area contributed by atoms with Crippen LogP contribution >= 0.6 is 0 Å². The number of hydrogen-bond acceptors (Lipinski definition) is 2. The molecule has 60 valence electrons. The summed E-state index contributed by atoms with van der Waals surface area (Å²) in [5, 5.41) is 0. The molecule has 0 bridgehead atoms. The first-order chi connectivity index (χ1) is 5.02. The summed E-state index contributed by atoms with van der Waals surface area (Å²) in [5.74, 6) is -4.95. The van der Waals surface area contributed by atoms with Gasteiger partial charge in [0.1, 0.15) is 0 Å². The molecule has 0 aliphatic heterocycles. The van der Waals surface area contributed by atoms with Crippen molar-refractivity contribution in [1.82, 2.24) is 9.97 Å². The number of ketones is 1. The number of nitrogens with one attached hydrogen (secondary N) is 1. The van der Waals surface area contributed by atoms with E-state index in [0.29, 0.717) is 6.92 Å². The second-order valence-corrected chi connectivity index (χ2v) is 2.16. The van der Waals surface area contributed by atoms with Gasteiger partial charge in [-0.05, 0) is 0 Å². The van der Waals surface area contributed by atoms with Crippen molar-refractivity contribution in [3.05, 3.63) is 18.2 Å². The van der Waals surface area contributed by atoms with Crippen molar-refractivity contribution in [2.45, 2.75) is 12.8 Å². The minimum atomic E-state index is -3.35. The molecule has 5 heteroatoms. The molecule has 0 aromatic carbocycles. The minimum absolute atomic E-state index is 0.308. The molecule has 0 aliphatic carbocycles. The van der Waals surface area contributed by atoms with Crippen molar-refractivity contribution >= 4 is 5.78 Å². The van der Waals surface area contributed by atoms with Crippen molar-refractivity contribution in [2.75, 3.05) is 0 Å². The molecule has 0 aliphatic rings. The fraction of sp³-hybridized carbons (Fsp3) is 0.333. The highest BCUT2D eigenvalue weighted by Crippen LogP contribution is 2.16. The third kappa shape index (κ3) is 1.60. The van der Waals surface area contributed by atoms with Gasteiger partial charge in [-0.25, -0.2) is 4.98 Å². The van der Waals surface area contributed by atoms with E-state index >= 15 is 0 Å². The summed E-state index contributed by atoms with van der Waals surface area (Å²) in [7, 11) is 0. The highest BCUT2D eigenvalue weighted by Gasteiger charge is 2.34. The number of halogens is 2. The number of carbonyl (C=O) groups excluding carboxylic acids is 1. The van der Waals surface area contributed by atoms with Crippen molar-refractivity contribution in [3.63, 3.8) is 0 Å². The number of nitrogens with zero attached hydrogens (tertiary/aromatic N) is 1. The van der Waals surface area contributed by atoms with Crippen LogP contribution in [-0.4, -0.2) is 21.7 Å². The number of imidazole rings is 1. The van der Waals surface area contributed by atoms with E-state index in [1.807, 2.05) is 0 Å². The quantitative estimate of drug-likeness (QED) is 0.661. The van der Waals surface area contributed by atoms with E-state index < -0.39 is 11.7 Å². The maximum absolute atomic E-state index is 12.3. The topological polar surface area (TPSA) is 45.8 Å². The fourth-order valence-corrected chi connectivity index (χ4v) is 0.597. The number of aromatic amines is 1. The molecule has 1 N–H and O–H groups in total. The summed E-state index contributed by atoms with van der Waals surface area (Å²) in [6.07, 6.45) is 2.57. The fourth-order valence-electron chi connectivity index (χ4n) is 0.597. The Labute approximate surface area is 61.4 Å². The first-order valence-corrected chi connectivity index (χ1v) is 2.94. The van der Waals surface area contributed by atoms with E-state index in [2.05, 4.69) is 9.97 Å². The van der Waals surface area contributed by atoms with Crippen LogP contribution in [0.5, 0.6) is 0 Å². The van der Waals surface area contributed by atoms with E-state index in [4.69, 9.17) is 0 Å². The zero-order chi connectivity index (χ0) is 8.48. The number of H-pyrrole nitrogens is 1. The summed E-state index contributed by atoms with van der Waals surface area (Å²) in [4.78, 5) is 16.4. The highest BCUT2D eigenvalue weighted by molar-refractivity contribution is 5.97. The maximum atomic E-state index is 12.3. The van der Waals surface area contributed by atoms with Crippen LogP contribution < -0.4 is 0 Å². The number of alkyl halides is 2. The molecule has 3 nitrogen and oxygen atoms in total. The van der Waals surface area contributed by atoms with Gasteiger partial charge in [0.05, 0.1) is 0 Å². The van der Waals surface area contributed by atoms with E-state index in [1.54, 1.807) is 0 Å². The van der Waals surface area contributed by atoms with Gasteiger partial charge in [0, 0.05) is 19.3 Å². The molecule has 0 radical (unpaired) electrons. The predicted molar refractivity (Wildman–Crippen MR) is 33.5 cm³/mol. The largest absolute Gasteiger partial charge is 0.342 e. The Morgan fingerprint density at radius 2 is 2.36 bits per heavy atom. The van der Waals surface area contributed by atoms with Crippen molar-refractivity contribution in [3.8, 4) is 0 Å². The predicted octanol–water partition coefficient (Wildman–Crippen LogP) is 1.25. The Kier molecular flexibility index (Phi) is 1.72. The molecule has 1 heterocycles. The van der Waals surface area contributed by atoms with Crippen molar-refractivity contribution < 1.29 is 13.6 Å². The van der Waals surface area contributed by atoms with Gasteiger partial charge in [-0.1, -0.05) is 0 Å². The molecule has 0 amide bonds. The molecule has 1 rings (SSSR count). The number of aromatic nitrogens is 2. The van der Waals surface area contributed by atoms with Gasteiger partial charge in [0.2, 0.25) is 0 Å². The van der Waals surface area contributed by atoms with Gasteiger partial charge in [-0.3, -0.25) is 4.79 Å². The lowest BCUT2D eigenvalue weighted by Crippen LogP contribution is -2.25. The van der Waals surface area contributed by atoms with Gasteiger partial charge >= 0.3 is 5.92 Å². The van der Waals surface area contributed by atoms with E-state index in [-0.39, 0.29) is 5.82 Å². The summed E-state index contributed by atoms with van der Waals surface area (Å²) in [6.45, 7) is 0.540. The average molecular weight is 160 g/mol. The Morgan fingerprint density at radius 1 is 1.73 bits per heavy atom.